The Hall–Kier alpha value is -3.47. The average molecular weight is 600 g/mol. The van der Waals surface area contributed by atoms with E-state index in [-0.39, 0.29) is 23.0 Å². The fourth-order valence-electron chi connectivity index (χ4n) is 7.42. The van der Waals surface area contributed by atoms with E-state index in [0.29, 0.717) is 32.6 Å². The van der Waals surface area contributed by atoms with Crippen LogP contribution in [0, 0.1) is 5.82 Å². The third-order valence-electron chi connectivity index (χ3n) is 9.55. The van der Waals surface area contributed by atoms with Crippen LogP contribution < -0.4 is 4.90 Å². The van der Waals surface area contributed by atoms with Crippen molar-refractivity contribution in [3.8, 4) is 0 Å². The second-order valence-electron chi connectivity index (χ2n) is 12.5. The van der Waals surface area contributed by atoms with E-state index in [2.05, 4.69) is 61.4 Å². The van der Waals surface area contributed by atoms with Crippen LogP contribution in [0.4, 0.5) is 10.1 Å². The van der Waals surface area contributed by atoms with Gasteiger partial charge in [0.05, 0.1) is 18.9 Å². The first-order valence-electron chi connectivity index (χ1n) is 15.1. The normalized spacial score (nSPS) is 21.9. The molecule has 1 amide bonds. The highest BCUT2D eigenvalue weighted by Crippen LogP contribution is 2.44. The molecule has 43 heavy (non-hydrogen) atoms. The van der Waals surface area contributed by atoms with Crippen molar-refractivity contribution in [2.75, 3.05) is 45.3 Å². The van der Waals surface area contributed by atoms with Crippen LogP contribution in [0.1, 0.15) is 34.9 Å². The van der Waals surface area contributed by atoms with E-state index in [0.717, 1.165) is 37.4 Å². The summed E-state index contributed by atoms with van der Waals surface area (Å²) in [5, 5.41) is 11.3. The molecule has 8 nitrogen and oxygen atoms in total. The quantitative estimate of drug-likeness (QED) is 0.319. The van der Waals surface area contributed by atoms with E-state index in [9.17, 15) is 9.18 Å². The Labute approximate surface area is 257 Å². The molecule has 7 rings (SSSR count). The Morgan fingerprint density at radius 1 is 1.02 bits per heavy atom. The molecule has 2 saturated heterocycles. The fourth-order valence-corrected chi connectivity index (χ4v) is 7.93. The van der Waals surface area contributed by atoms with Crippen LogP contribution in [0.5, 0.6) is 0 Å². The van der Waals surface area contributed by atoms with E-state index < -0.39 is 5.54 Å². The lowest BCUT2D eigenvalue weighted by Crippen LogP contribution is -2.58. The third kappa shape index (κ3) is 5.09. The Morgan fingerprint density at radius 3 is 2.51 bits per heavy atom. The van der Waals surface area contributed by atoms with Crippen LogP contribution >= 0.6 is 12.6 Å². The third-order valence-corrected chi connectivity index (χ3v) is 10.2. The molecule has 3 heterocycles. The number of likely N-dealkylation sites (tertiary alicyclic amines) is 1. The highest BCUT2D eigenvalue weighted by molar-refractivity contribution is 7.80. The summed E-state index contributed by atoms with van der Waals surface area (Å²) < 4.78 is 15.7. The first kappa shape index (κ1) is 28.3. The molecular formula is C33H38FN7OS. The number of nitrogens with zero attached hydrogens (tertiary/aromatic N) is 7. The maximum atomic E-state index is 14.3. The standard InChI is InChI=1S/C33H38FN7OS/c1-37(2)20-26-21-40(36-35-26)18-17-39-22-41(27-11-9-25(34)10-12-27)33(32(39)42)13-15-38(16-14-33)29-19-24-7-3-5-23-6-4-8-28(30(23)24)31(29)43/h3-12,21,29,31,43H,13-20,22H2,1-2H3/t29-,31?/m0/s1. The molecule has 1 aliphatic carbocycles. The zero-order valence-corrected chi connectivity index (χ0v) is 25.6. The second kappa shape index (κ2) is 11.2. The van der Waals surface area contributed by atoms with Gasteiger partial charge in [-0.05, 0) is 79.5 Å². The Bertz CT molecular complexity index is 1630. The number of anilines is 1. The summed E-state index contributed by atoms with van der Waals surface area (Å²) in [6, 6.07) is 19.9. The van der Waals surface area contributed by atoms with Gasteiger partial charge >= 0.3 is 0 Å². The van der Waals surface area contributed by atoms with Crippen molar-refractivity contribution >= 4 is 35.0 Å². The minimum Gasteiger partial charge on any atom is -0.339 e. The van der Waals surface area contributed by atoms with Gasteiger partial charge in [0.2, 0.25) is 5.91 Å². The summed E-state index contributed by atoms with van der Waals surface area (Å²) in [5.41, 5.74) is 3.79. The molecule has 1 aromatic heterocycles. The van der Waals surface area contributed by atoms with Gasteiger partial charge in [-0.3, -0.25) is 14.4 Å². The van der Waals surface area contributed by atoms with Gasteiger partial charge in [-0.1, -0.05) is 41.6 Å². The lowest BCUT2D eigenvalue weighted by atomic mass is 9.81. The number of hydrogen-bond acceptors (Lipinski definition) is 7. The predicted molar refractivity (Wildman–Crippen MR) is 170 cm³/mol. The molecule has 224 valence electrons. The molecule has 0 N–H and O–H groups in total. The van der Waals surface area contributed by atoms with E-state index in [1.807, 2.05) is 29.9 Å². The number of hydrogen-bond donors (Lipinski definition) is 1. The predicted octanol–water partition coefficient (Wildman–Crippen LogP) is 4.37. The largest absolute Gasteiger partial charge is 0.339 e. The molecule has 2 aliphatic heterocycles. The molecule has 0 bridgehead atoms. The number of rotatable bonds is 7. The number of carbonyl (C=O) groups is 1. The van der Waals surface area contributed by atoms with Gasteiger partial charge in [-0.2, -0.15) is 12.6 Å². The average Bonchev–Trinajstić information content (AvgIpc) is 3.56. The van der Waals surface area contributed by atoms with Crippen molar-refractivity contribution in [3.63, 3.8) is 0 Å². The number of carbonyl (C=O) groups excluding carboxylic acids is 1. The Kier molecular flexibility index (Phi) is 7.39. The molecule has 4 aromatic rings. The van der Waals surface area contributed by atoms with Gasteiger partial charge in [0, 0.05) is 49.4 Å². The van der Waals surface area contributed by atoms with E-state index in [4.69, 9.17) is 12.6 Å². The van der Waals surface area contributed by atoms with Crippen LogP contribution in [0.15, 0.2) is 66.9 Å². The Morgan fingerprint density at radius 2 is 1.77 bits per heavy atom. The van der Waals surface area contributed by atoms with Crippen LogP contribution in [0.3, 0.4) is 0 Å². The van der Waals surface area contributed by atoms with Crippen LogP contribution in [-0.4, -0.2) is 87.6 Å². The first-order chi connectivity index (χ1) is 20.8. The topological polar surface area (TPSA) is 60.7 Å². The van der Waals surface area contributed by atoms with Crippen molar-refractivity contribution in [1.82, 2.24) is 29.7 Å². The summed E-state index contributed by atoms with van der Waals surface area (Å²) in [4.78, 5) is 23.0. The highest BCUT2D eigenvalue weighted by atomic mass is 32.1. The molecule has 2 atom stereocenters. The van der Waals surface area contributed by atoms with Gasteiger partial charge in [-0.15, -0.1) is 5.10 Å². The number of aromatic nitrogens is 3. The number of thiol groups is 1. The van der Waals surface area contributed by atoms with Gasteiger partial charge in [0.15, 0.2) is 0 Å². The zero-order valence-electron chi connectivity index (χ0n) is 24.7. The Balaban J connectivity index is 1.10. The summed E-state index contributed by atoms with van der Waals surface area (Å²) in [6.45, 7) is 3.89. The molecule has 1 spiro atoms. The van der Waals surface area contributed by atoms with Gasteiger partial charge in [0.1, 0.15) is 11.4 Å². The van der Waals surface area contributed by atoms with Crippen molar-refractivity contribution in [2.24, 2.45) is 0 Å². The summed E-state index contributed by atoms with van der Waals surface area (Å²) in [6.07, 6.45) is 4.31. The maximum Gasteiger partial charge on any atom is 0.250 e. The monoisotopic (exact) mass is 599 g/mol. The lowest BCUT2D eigenvalue weighted by Gasteiger charge is -2.47. The van der Waals surface area contributed by atoms with Gasteiger partial charge in [0.25, 0.3) is 0 Å². The number of benzene rings is 3. The number of halogens is 1. The minimum atomic E-state index is -0.661. The van der Waals surface area contributed by atoms with E-state index in [1.165, 1.54) is 34.0 Å². The first-order valence-corrected chi connectivity index (χ1v) is 15.6. The van der Waals surface area contributed by atoms with E-state index in [1.54, 1.807) is 12.1 Å². The zero-order chi connectivity index (χ0) is 29.7. The second-order valence-corrected chi connectivity index (χ2v) is 13.0. The summed E-state index contributed by atoms with van der Waals surface area (Å²) in [7, 11) is 4.00. The number of piperidine rings is 1. The molecule has 3 aromatic carbocycles. The minimum absolute atomic E-state index is 0.108. The van der Waals surface area contributed by atoms with Crippen molar-refractivity contribution in [2.45, 2.75) is 49.2 Å². The molecule has 10 heteroatoms. The van der Waals surface area contributed by atoms with Crippen LogP contribution in [-0.2, 0) is 24.3 Å². The molecule has 0 saturated carbocycles. The van der Waals surface area contributed by atoms with Crippen LogP contribution in [0.2, 0.25) is 0 Å². The summed E-state index contributed by atoms with van der Waals surface area (Å²) in [5.74, 6) is -0.131. The molecule has 1 unspecified atom stereocenters. The van der Waals surface area contributed by atoms with Crippen molar-refractivity contribution in [1.29, 1.82) is 0 Å². The fraction of sp³-hybridized carbons (Fsp3) is 0.424. The van der Waals surface area contributed by atoms with E-state index >= 15 is 0 Å². The van der Waals surface area contributed by atoms with Crippen molar-refractivity contribution < 1.29 is 9.18 Å². The highest BCUT2D eigenvalue weighted by Gasteiger charge is 2.54. The number of amides is 1. The lowest BCUT2D eigenvalue weighted by molar-refractivity contribution is -0.134. The molecular weight excluding hydrogens is 561 g/mol. The van der Waals surface area contributed by atoms with Gasteiger partial charge < -0.3 is 14.7 Å². The molecule has 3 aliphatic rings. The van der Waals surface area contributed by atoms with Gasteiger partial charge in [-0.25, -0.2) is 4.39 Å². The SMILES string of the molecule is CN(C)Cc1cn(CCN2CN(c3ccc(F)cc3)C3(CCN([C@H]4Cc5cccc6cccc(c56)C4S)CC3)C2=O)nn1. The van der Waals surface area contributed by atoms with Crippen molar-refractivity contribution in [3.05, 3.63) is 89.5 Å². The smallest absolute Gasteiger partial charge is 0.250 e. The molecule has 2 fully saturated rings. The summed E-state index contributed by atoms with van der Waals surface area (Å²) >= 11 is 5.17. The molecule has 0 radical (unpaired) electrons. The maximum absolute atomic E-state index is 14.3. The van der Waals surface area contributed by atoms with Crippen LogP contribution in [0.25, 0.3) is 10.8 Å².